The molecule has 4 nitrogen and oxygen atoms in total. The first-order valence-electron chi connectivity index (χ1n) is 7.80. The molecule has 0 aromatic heterocycles. The van der Waals surface area contributed by atoms with Crippen LogP contribution in [0.4, 0.5) is 0 Å². The zero-order chi connectivity index (χ0) is 15.2. The van der Waals surface area contributed by atoms with Crippen molar-refractivity contribution in [2.75, 3.05) is 6.54 Å². The van der Waals surface area contributed by atoms with E-state index in [0.717, 1.165) is 31.2 Å². The number of benzene rings is 1. The molecule has 1 saturated heterocycles. The molecule has 1 N–H and O–H groups in total. The first kappa shape index (κ1) is 15.5. The van der Waals surface area contributed by atoms with Gasteiger partial charge in [0.1, 0.15) is 0 Å². The van der Waals surface area contributed by atoms with Gasteiger partial charge in [0.05, 0.1) is 6.04 Å². The highest BCUT2D eigenvalue weighted by Crippen LogP contribution is 2.20. The van der Waals surface area contributed by atoms with E-state index in [1.165, 1.54) is 0 Å². The van der Waals surface area contributed by atoms with Crippen molar-refractivity contribution in [1.82, 2.24) is 10.2 Å². The summed E-state index contributed by atoms with van der Waals surface area (Å²) >= 11 is 0. The van der Waals surface area contributed by atoms with E-state index in [-0.39, 0.29) is 18.0 Å². The molecule has 1 aliphatic rings. The number of piperidine rings is 1. The predicted octanol–water partition coefficient (Wildman–Crippen LogP) is 2.65. The van der Waals surface area contributed by atoms with Crippen LogP contribution >= 0.6 is 0 Å². The van der Waals surface area contributed by atoms with Gasteiger partial charge >= 0.3 is 11.8 Å². The third-order valence-electron chi connectivity index (χ3n) is 4.20. The number of nitrogens with zero attached hydrogens (tertiary/aromatic N) is 1. The molecule has 114 valence electrons. The molecule has 1 aromatic rings. The van der Waals surface area contributed by atoms with E-state index in [2.05, 4.69) is 12.2 Å². The van der Waals surface area contributed by atoms with Crippen molar-refractivity contribution in [2.45, 2.75) is 51.6 Å². The van der Waals surface area contributed by atoms with Crippen LogP contribution in [0.15, 0.2) is 30.3 Å². The van der Waals surface area contributed by atoms with Crippen LogP contribution < -0.4 is 5.32 Å². The van der Waals surface area contributed by atoms with E-state index in [4.69, 9.17) is 0 Å². The normalized spacial score (nSPS) is 19.9. The highest BCUT2D eigenvalue weighted by molar-refractivity contribution is 6.35. The standard InChI is InChI=1S/C17H24N2O2/c1-3-15-11-7-8-12-19(15)17(21)16(20)18-13(2)14-9-5-4-6-10-14/h4-6,9-10,13,15H,3,7-8,11-12H2,1-2H3,(H,18,20). The van der Waals surface area contributed by atoms with Gasteiger partial charge < -0.3 is 10.2 Å². The Kier molecular flexibility index (Phi) is 5.37. The molecule has 0 bridgehead atoms. The van der Waals surface area contributed by atoms with Crippen LogP contribution in [0.25, 0.3) is 0 Å². The van der Waals surface area contributed by atoms with Gasteiger partial charge in [-0.3, -0.25) is 9.59 Å². The highest BCUT2D eigenvalue weighted by atomic mass is 16.2. The van der Waals surface area contributed by atoms with E-state index < -0.39 is 5.91 Å². The van der Waals surface area contributed by atoms with Gasteiger partial charge in [-0.15, -0.1) is 0 Å². The Morgan fingerprint density at radius 2 is 2.00 bits per heavy atom. The fourth-order valence-electron chi connectivity index (χ4n) is 2.91. The maximum Gasteiger partial charge on any atom is 0.312 e. The van der Waals surface area contributed by atoms with Crippen molar-refractivity contribution < 1.29 is 9.59 Å². The summed E-state index contributed by atoms with van der Waals surface area (Å²) in [5, 5.41) is 2.81. The van der Waals surface area contributed by atoms with Crippen molar-refractivity contribution in [3.63, 3.8) is 0 Å². The Morgan fingerprint density at radius 3 is 2.67 bits per heavy atom. The second kappa shape index (κ2) is 7.25. The molecule has 1 aliphatic heterocycles. The lowest BCUT2D eigenvalue weighted by atomic mass is 10.00. The average Bonchev–Trinajstić information content (AvgIpc) is 2.54. The molecule has 0 spiro atoms. The molecule has 4 heteroatoms. The lowest BCUT2D eigenvalue weighted by molar-refractivity contribution is -0.148. The molecule has 1 aromatic carbocycles. The molecule has 2 amide bonds. The molecule has 2 unspecified atom stereocenters. The number of likely N-dealkylation sites (tertiary alicyclic amines) is 1. The Morgan fingerprint density at radius 1 is 1.29 bits per heavy atom. The van der Waals surface area contributed by atoms with Crippen LogP contribution in [-0.2, 0) is 9.59 Å². The van der Waals surface area contributed by atoms with Crippen LogP contribution in [0.5, 0.6) is 0 Å². The molecular formula is C17H24N2O2. The van der Waals surface area contributed by atoms with Gasteiger partial charge in [-0.25, -0.2) is 0 Å². The number of rotatable bonds is 3. The quantitative estimate of drug-likeness (QED) is 0.869. The van der Waals surface area contributed by atoms with Crippen LogP contribution in [0.2, 0.25) is 0 Å². The number of hydrogen-bond acceptors (Lipinski definition) is 2. The van der Waals surface area contributed by atoms with Crippen LogP contribution in [0.3, 0.4) is 0 Å². The molecule has 2 atom stereocenters. The van der Waals surface area contributed by atoms with Gasteiger partial charge in [0.15, 0.2) is 0 Å². The van der Waals surface area contributed by atoms with Crippen LogP contribution in [-0.4, -0.2) is 29.3 Å². The largest absolute Gasteiger partial charge is 0.341 e. The number of hydrogen-bond donors (Lipinski definition) is 1. The van der Waals surface area contributed by atoms with Crippen molar-refractivity contribution in [3.05, 3.63) is 35.9 Å². The first-order chi connectivity index (χ1) is 10.1. The minimum Gasteiger partial charge on any atom is -0.341 e. The third kappa shape index (κ3) is 3.84. The van der Waals surface area contributed by atoms with Gasteiger partial charge in [0.25, 0.3) is 0 Å². The molecule has 1 heterocycles. The van der Waals surface area contributed by atoms with Crippen LogP contribution in [0.1, 0.15) is 51.1 Å². The molecule has 0 aliphatic carbocycles. The maximum atomic E-state index is 12.3. The topological polar surface area (TPSA) is 49.4 Å². The van der Waals surface area contributed by atoms with Crippen LogP contribution in [0, 0.1) is 0 Å². The summed E-state index contributed by atoms with van der Waals surface area (Å²) in [7, 11) is 0. The minimum atomic E-state index is -0.494. The van der Waals surface area contributed by atoms with Crippen molar-refractivity contribution in [2.24, 2.45) is 0 Å². The monoisotopic (exact) mass is 288 g/mol. The van der Waals surface area contributed by atoms with Crippen molar-refractivity contribution in [1.29, 1.82) is 0 Å². The average molecular weight is 288 g/mol. The van der Waals surface area contributed by atoms with Gasteiger partial charge in [-0.1, -0.05) is 37.3 Å². The summed E-state index contributed by atoms with van der Waals surface area (Å²) < 4.78 is 0. The van der Waals surface area contributed by atoms with Gasteiger partial charge in [0.2, 0.25) is 0 Å². The number of amides is 2. The third-order valence-corrected chi connectivity index (χ3v) is 4.20. The van der Waals surface area contributed by atoms with Gasteiger partial charge in [-0.2, -0.15) is 0 Å². The van der Waals surface area contributed by atoms with Gasteiger partial charge in [-0.05, 0) is 38.2 Å². The second-order valence-electron chi connectivity index (χ2n) is 5.66. The number of carbonyl (C=O) groups is 2. The summed E-state index contributed by atoms with van der Waals surface area (Å²) in [5.41, 5.74) is 1.00. The SMILES string of the molecule is CCC1CCCCN1C(=O)C(=O)NC(C)c1ccccc1. The van der Waals surface area contributed by atoms with E-state index in [9.17, 15) is 9.59 Å². The molecule has 2 rings (SSSR count). The Labute approximate surface area is 126 Å². The summed E-state index contributed by atoms with van der Waals surface area (Å²) in [6.45, 7) is 4.67. The fraction of sp³-hybridized carbons (Fsp3) is 0.529. The highest BCUT2D eigenvalue weighted by Gasteiger charge is 2.30. The zero-order valence-electron chi connectivity index (χ0n) is 12.8. The second-order valence-corrected chi connectivity index (χ2v) is 5.66. The molecule has 0 saturated carbocycles. The minimum absolute atomic E-state index is 0.160. The summed E-state index contributed by atoms with van der Waals surface area (Å²) in [6, 6.07) is 9.74. The van der Waals surface area contributed by atoms with E-state index >= 15 is 0 Å². The summed E-state index contributed by atoms with van der Waals surface area (Å²) in [6.07, 6.45) is 4.05. The number of carbonyl (C=O) groups excluding carboxylic acids is 2. The number of nitrogens with one attached hydrogen (secondary N) is 1. The maximum absolute atomic E-state index is 12.3. The Bertz CT molecular complexity index is 487. The smallest absolute Gasteiger partial charge is 0.312 e. The zero-order valence-corrected chi connectivity index (χ0v) is 12.8. The van der Waals surface area contributed by atoms with E-state index in [1.807, 2.05) is 37.3 Å². The lowest BCUT2D eigenvalue weighted by Gasteiger charge is -2.34. The van der Waals surface area contributed by atoms with Gasteiger partial charge in [0, 0.05) is 12.6 Å². The molecule has 21 heavy (non-hydrogen) atoms. The van der Waals surface area contributed by atoms with Crippen molar-refractivity contribution >= 4 is 11.8 Å². The molecule has 1 fully saturated rings. The molecule has 0 radical (unpaired) electrons. The summed E-state index contributed by atoms with van der Waals surface area (Å²) in [5.74, 6) is -0.879. The Balaban J connectivity index is 1.97. The predicted molar refractivity (Wildman–Crippen MR) is 82.6 cm³/mol. The Hall–Kier alpha value is -1.84. The lowest BCUT2D eigenvalue weighted by Crippen LogP contribution is -2.50. The van der Waals surface area contributed by atoms with E-state index in [0.29, 0.717) is 6.54 Å². The molecular weight excluding hydrogens is 264 g/mol. The summed E-state index contributed by atoms with van der Waals surface area (Å²) in [4.78, 5) is 26.3. The fourth-order valence-corrected chi connectivity index (χ4v) is 2.91. The first-order valence-corrected chi connectivity index (χ1v) is 7.80. The van der Waals surface area contributed by atoms with E-state index in [1.54, 1.807) is 4.90 Å². The van der Waals surface area contributed by atoms with Crippen molar-refractivity contribution in [3.8, 4) is 0 Å².